The van der Waals surface area contributed by atoms with E-state index >= 15 is 0 Å². The molecule has 0 saturated carbocycles. The van der Waals surface area contributed by atoms with Gasteiger partial charge < -0.3 is 5.73 Å². The number of nitrogens with two attached hydrogens (primary N) is 1. The van der Waals surface area contributed by atoms with Crippen LogP contribution in [-0.2, 0) is 10.0 Å². The highest BCUT2D eigenvalue weighted by Gasteiger charge is 2.24. The maximum atomic E-state index is 13.4. The smallest absolute Gasteiger partial charge is 0.246 e. The van der Waals surface area contributed by atoms with Crippen molar-refractivity contribution in [1.29, 1.82) is 0 Å². The van der Waals surface area contributed by atoms with Crippen LogP contribution in [0.15, 0.2) is 23.1 Å². The lowest BCUT2D eigenvalue weighted by molar-refractivity contribution is 0.479. The molecule has 0 aliphatic rings. The van der Waals surface area contributed by atoms with Gasteiger partial charge in [0.25, 0.3) is 0 Å². The molecule has 4 nitrogen and oxygen atoms in total. The van der Waals surface area contributed by atoms with E-state index in [2.05, 4.69) is 4.72 Å². The van der Waals surface area contributed by atoms with E-state index in [-0.39, 0.29) is 6.54 Å². The van der Waals surface area contributed by atoms with E-state index in [1.165, 1.54) is 0 Å². The summed E-state index contributed by atoms with van der Waals surface area (Å²) < 4.78 is 52.5. The zero-order chi connectivity index (χ0) is 14.6. The highest BCUT2D eigenvalue weighted by Crippen LogP contribution is 2.17. The van der Waals surface area contributed by atoms with Crippen LogP contribution < -0.4 is 10.5 Å². The lowest BCUT2D eigenvalue weighted by atomic mass is 10.1. The number of nitrogens with one attached hydrogen (secondary N) is 1. The molecule has 1 aromatic rings. The highest BCUT2D eigenvalue weighted by atomic mass is 32.2. The molecule has 0 aliphatic heterocycles. The van der Waals surface area contributed by atoms with Crippen molar-refractivity contribution in [3.05, 3.63) is 29.8 Å². The summed E-state index contributed by atoms with van der Waals surface area (Å²) in [6.07, 6.45) is 0.613. The highest BCUT2D eigenvalue weighted by molar-refractivity contribution is 7.89. The second-order valence-corrected chi connectivity index (χ2v) is 6.50. The molecule has 0 bridgehead atoms. The monoisotopic (exact) mass is 292 g/mol. The fourth-order valence-corrected chi connectivity index (χ4v) is 2.94. The fraction of sp³-hybridized carbons (Fsp3) is 0.500. The van der Waals surface area contributed by atoms with Crippen molar-refractivity contribution < 1.29 is 17.2 Å². The van der Waals surface area contributed by atoms with Gasteiger partial charge in [-0.25, -0.2) is 21.9 Å². The summed E-state index contributed by atoms with van der Waals surface area (Å²) in [6.45, 7) is 3.84. The van der Waals surface area contributed by atoms with Crippen LogP contribution in [0.4, 0.5) is 8.78 Å². The van der Waals surface area contributed by atoms with Crippen molar-refractivity contribution in [3.8, 4) is 0 Å². The molecule has 0 heterocycles. The molecule has 1 unspecified atom stereocenters. The quantitative estimate of drug-likeness (QED) is 0.837. The van der Waals surface area contributed by atoms with E-state index in [1.54, 1.807) is 0 Å². The second kappa shape index (κ2) is 6.40. The Bertz CT molecular complexity index is 512. The number of benzene rings is 1. The summed E-state index contributed by atoms with van der Waals surface area (Å²) in [4.78, 5) is -0.966. The molecule has 0 aromatic heterocycles. The fourth-order valence-electron chi connectivity index (χ4n) is 1.72. The summed E-state index contributed by atoms with van der Waals surface area (Å²) in [7, 11) is -4.23. The predicted octanol–water partition coefficient (Wildman–Crippen LogP) is 1.62. The number of hydrogen-bond acceptors (Lipinski definition) is 3. The summed E-state index contributed by atoms with van der Waals surface area (Å²) in [6, 6.07) is 2.50. The van der Waals surface area contributed by atoms with Crippen LogP contribution in [0.25, 0.3) is 0 Å². The van der Waals surface area contributed by atoms with Gasteiger partial charge in [0.15, 0.2) is 4.90 Å². The van der Waals surface area contributed by atoms with Crippen LogP contribution in [0.5, 0.6) is 0 Å². The Morgan fingerprint density at radius 1 is 1.26 bits per heavy atom. The van der Waals surface area contributed by atoms with E-state index in [1.807, 2.05) is 13.8 Å². The van der Waals surface area contributed by atoms with Crippen LogP contribution in [0.3, 0.4) is 0 Å². The zero-order valence-corrected chi connectivity index (χ0v) is 11.7. The zero-order valence-electron chi connectivity index (χ0n) is 10.9. The van der Waals surface area contributed by atoms with Gasteiger partial charge in [0.1, 0.15) is 11.6 Å². The van der Waals surface area contributed by atoms with E-state index in [9.17, 15) is 17.2 Å². The maximum absolute atomic E-state index is 13.4. The van der Waals surface area contributed by atoms with Gasteiger partial charge in [-0.05, 0) is 24.5 Å². The van der Waals surface area contributed by atoms with Gasteiger partial charge in [0.05, 0.1) is 0 Å². The topological polar surface area (TPSA) is 72.2 Å². The lowest BCUT2D eigenvalue weighted by Gasteiger charge is -2.15. The van der Waals surface area contributed by atoms with E-state index < -0.39 is 32.6 Å². The van der Waals surface area contributed by atoms with Gasteiger partial charge in [0, 0.05) is 12.6 Å². The number of hydrogen-bond donors (Lipinski definition) is 2. The second-order valence-electron chi connectivity index (χ2n) is 4.79. The Balaban J connectivity index is 2.82. The molecule has 1 rings (SSSR count). The Morgan fingerprint density at radius 3 is 2.26 bits per heavy atom. The normalized spacial score (nSPS) is 13.8. The van der Waals surface area contributed by atoms with E-state index in [4.69, 9.17) is 5.73 Å². The summed E-state index contributed by atoms with van der Waals surface area (Å²) in [5.41, 5.74) is 5.72. The summed E-state index contributed by atoms with van der Waals surface area (Å²) in [5, 5.41) is 0. The third kappa shape index (κ3) is 4.52. The molecule has 1 atom stereocenters. The molecule has 1 aromatic carbocycles. The standard InChI is InChI=1S/C12H18F2N2O2S/c1-8(2)6-9(15)7-16-19(17,18)12-10(13)4-3-5-11(12)14/h3-5,8-9,16H,6-7,15H2,1-2H3. The van der Waals surface area contributed by atoms with E-state index in [0.29, 0.717) is 12.3 Å². The van der Waals surface area contributed by atoms with E-state index in [0.717, 1.165) is 18.2 Å². The average Bonchev–Trinajstić information content (AvgIpc) is 2.25. The molecule has 0 fully saturated rings. The molecular formula is C12H18F2N2O2S. The molecule has 7 heteroatoms. The molecule has 3 N–H and O–H groups in total. The minimum Gasteiger partial charge on any atom is -0.327 e. The molecule has 0 amide bonds. The summed E-state index contributed by atoms with van der Waals surface area (Å²) in [5.74, 6) is -1.93. The van der Waals surface area contributed by atoms with Gasteiger partial charge in [-0.3, -0.25) is 0 Å². The molecule has 0 spiro atoms. The number of rotatable bonds is 6. The molecule has 108 valence electrons. The maximum Gasteiger partial charge on any atom is 0.246 e. The van der Waals surface area contributed by atoms with Gasteiger partial charge in [-0.1, -0.05) is 19.9 Å². The molecular weight excluding hydrogens is 274 g/mol. The van der Waals surface area contributed by atoms with Crippen LogP contribution in [0.2, 0.25) is 0 Å². The van der Waals surface area contributed by atoms with Crippen LogP contribution in [0.1, 0.15) is 20.3 Å². The summed E-state index contributed by atoms with van der Waals surface area (Å²) >= 11 is 0. The van der Waals surface area contributed by atoms with Crippen LogP contribution in [0, 0.1) is 17.6 Å². The average molecular weight is 292 g/mol. The first kappa shape index (κ1) is 16.0. The minimum absolute atomic E-state index is 0.0612. The molecule has 0 aliphatic carbocycles. The van der Waals surface area contributed by atoms with Gasteiger partial charge in [0.2, 0.25) is 10.0 Å². The van der Waals surface area contributed by atoms with Crippen molar-refractivity contribution in [2.45, 2.75) is 31.2 Å². The largest absolute Gasteiger partial charge is 0.327 e. The SMILES string of the molecule is CC(C)CC(N)CNS(=O)(=O)c1c(F)cccc1F. The molecule has 0 radical (unpaired) electrons. The van der Waals surface area contributed by atoms with Gasteiger partial charge >= 0.3 is 0 Å². The first-order chi connectivity index (χ1) is 8.74. The minimum atomic E-state index is -4.23. The third-order valence-corrected chi connectivity index (χ3v) is 3.97. The lowest BCUT2D eigenvalue weighted by Crippen LogP contribution is -2.38. The van der Waals surface area contributed by atoms with Gasteiger partial charge in [-0.2, -0.15) is 0 Å². The van der Waals surface area contributed by atoms with Crippen LogP contribution in [-0.4, -0.2) is 21.0 Å². The first-order valence-corrected chi connectivity index (χ1v) is 7.41. The van der Waals surface area contributed by atoms with Gasteiger partial charge in [-0.15, -0.1) is 0 Å². The Morgan fingerprint density at radius 2 is 1.79 bits per heavy atom. The third-order valence-electron chi connectivity index (χ3n) is 2.50. The Hall–Kier alpha value is -1.05. The Kier molecular flexibility index (Phi) is 5.39. The van der Waals surface area contributed by atoms with Crippen molar-refractivity contribution in [3.63, 3.8) is 0 Å². The number of sulfonamides is 1. The number of halogens is 2. The van der Waals surface area contributed by atoms with Crippen molar-refractivity contribution in [1.82, 2.24) is 4.72 Å². The molecule has 19 heavy (non-hydrogen) atoms. The van der Waals surface area contributed by atoms with Crippen molar-refractivity contribution >= 4 is 10.0 Å². The molecule has 0 saturated heterocycles. The van der Waals surface area contributed by atoms with Crippen molar-refractivity contribution in [2.24, 2.45) is 11.7 Å². The predicted molar refractivity (Wildman–Crippen MR) is 69.0 cm³/mol. The van der Waals surface area contributed by atoms with Crippen LogP contribution >= 0.6 is 0 Å². The van der Waals surface area contributed by atoms with Crippen molar-refractivity contribution in [2.75, 3.05) is 6.54 Å². The Labute approximate surface area is 112 Å². The first-order valence-electron chi connectivity index (χ1n) is 5.93.